The quantitative estimate of drug-likeness (QED) is 0.579. The molecule has 2 aliphatic rings. The molecule has 0 bridgehead atoms. The first-order valence-corrected chi connectivity index (χ1v) is 7.96. The van der Waals surface area contributed by atoms with Crippen molar-refractivity contribution in [1.29, 1.82) is 0 Å². The minimum absolute atomic E-state index is 0.112. The predicted octanol–water partition coefficient (Wildman–Crippen LogP) is 0.948. The molecular formula is C11H15NO4S2. The molecule has 2 rings (SSSR count). The summed E-state index contributed by atoms with van der Waals surface area (Å²) >= 11 is 3.09. The van der Waals surface area contributed by atoms with Crippen molar-refractivity contribution in [2.45, 2.75) is 25.5 Å². The Morgan fingerprint density at radius 3 is 2.78 bits per heavy atom. The highest BCUT2D eigenvalue weighted by Crippen LogP contribution is 2.47. The lowest BCUT2D eigenvalue weighted by Gasteiger charge is -2.44. The molecule has 1 saturated heterocycles. The van der Waals surface area contributed by atoms with Crippen LogP contribution in [0.5, 0.6) is 0 Å². The van der Waals surface area contributed by atoms with Crippen molar-refractivity contribution in [3.05, 3.63) is 10.6 Å². The van der Waals surface area contributed by atoms with Crippen molar-refractivity contribution in [3.8, 4) is 0 Å². The topological polar surface area (TPSA) is 77.8 Å². The van der Waals surface area contributed by atoms with Gasteiger partial charge in [-0.05, 0) is 13.2 Å². The lowest BCUT2D eigenvalue weighted by Crippen LogP contribution is -2.61. The largest absolute Gasteiger partial charge is 0.477 e. The van der Waals surface area contributed by atoms with Crippen molar-refractivity contribution in [3.63, 3.8) is 0 Å². The lowest BCUT2D eigenvalue weighted by molar-refractivity contribution is -0.161. The molecule has 0 aromatic carbocycles. The molecule has 0 aliphatic carbocycles. The molecule has 0 saturated carbocycles. The Morgan fingerprint density at radius 1 is 1.61 bits per heavy atom. The number of carboxylic acids is 1. The van der Waals surface area contributed by atoms with Crippen LogP contribution in [0.2, 0.25) is 0 Å². The average Bonchev–Trinajstić information content (AvgIpc) is 2.60. The Balaban J connectivity index is 2.21. The van der Waals surface area contributed by atoms with Crippen LogP contribution in [0.1, 0.15) is 13.3 Å². The zero-order valence-electron chi connectivity index (χ0n) is 10.1. The molecule has 1 fully saturated rings. The Bertz CT molecular complexity index is 421. The SMILES string of the molecule is CSCSC1=C(C(=O)O)N2C(=O)[C@H]([C@@H](C)O)[C@H]2C1. The fourth-order valence-electron chi connectivity index (χ4n) is 2.49. The van der Waals surface area contributed by atoms with E-state index in [2.05, 4.69) is 0 Å². The zero-order valence-corrected chi connectivity index (χ0v) is 11.8. The summed E-state index contributed by atoms with van der Waals surface area (Å²) in [6, 6.07) is -0.173. The van der Waals surface area contributed by atoms with Gasteiger partial charge in [0, 0.05) is 16.4 Å². The summed E-state index contributed by atoms with van der Waals surface area (Å²) in [5.74, 6) is -1.78. The summed E-state index contributed by atoms with van der Waals surface area (Å²) in [7, 11) is 0. The Morgan fingerprint density at radius 2 is 2.28 bits per heavy atom. The first-order chi connectivity index (χ1) is 8.49. The second kappa shape index (κ2) is 5.14. The van der Waals surface area contributed by atoms with Crippen LogP contribution in [-0.2, 0) is 9.59 Å². The third-order valence-corrected chi connectivity index (χ3v) is 5.36. The predicted molar refractivity (Wildman–Crippen MR) is 71.1 cm³/mol. The van der Waals surface area contributed by atoms with E-state index in [0.29, 0.717) is 6.42 Å². The van der Waals surface area contributed by atoms with E-state index in [0.717, 1.165) is 9.99 Å². The van der Waals surface area contributed by atoms with Gasteiger partial charge in [-0.2, -0.15) is 11.8 Å². The molecule has 2 N–H and O–H groups in total. The van der Waals surface area contributed by atoms with E-state index in [9.17, 15) is 19.8 Å². The normalized spacial score (nSPS) is 28.2. The van der Waals surface area contributed by atoms with E-state index in [1.54, 1.807) is 18.7 Å². The number of carbonyl (C=O) groups is 2. The second-order valence-corrected chi connectivity index (χ2v) is 6.68. The standard InChI is InChI=1S/C11H15NO4S2/c1-5(13)8-6-3-7(18-4-17-2)9(11(15)16)12(6)10(8)14/h5-6,8,13H,3-4H2,1-2H3,(H,15,16)/t5-,6-,8-/m1/s1. The van der Waals surface area contributed by atoms with Gasteiger partial charge < -0.3 is 15.1 Å². The molecule has 0 unspecified atom stereocenters. The van der Waals surface area contributed by atoms with Gasteiger partial charge in [-0.3, -0.25) is 4.79 Å². The van der Waals surface area contributed by atoms with E-state index >= 15 is 0 Å². The van der Waals surface area contributed by atoms with Gasteiger partial charge in [0.25, 0.3) is 0 Å². The number of rotatable bonds is 5. The second-order valence-electron chi connectivity index (χ2n) is 4.37. The van der Waals surface area contributed by atoms with Crippen molar-refractivity contribution >= 4 is 35.4 Å². The molecular weight excluding hydrogens is 274 g/mol. The summed E-state index contributed by atoms with van der Waals surface area (Å²) in [5, 5.41) is 19.5. The summed E-state index contributed by atoms with van der Waals surface area (Å²) in [6.07, 6.45) is 1.77. The van der Waals surface area contributed by atoms with Crippen LogP contribution < -0.4 is 0 Å². The van der Waals surface area contributed by atoms with Gasteiger partial charge in [-0.15, -0.1) is 11.8 Å². The molecule has 0 aromatic rings. The molecule has 3 atom stereocenters. The molecule has 1 amide bonds. The molecule has 2 heterocycles. The van der Waals surface area contributed by atoms with Crippen LogP contribution in [0.25, 0.3) is 0 Å². The van der Waals surface area contributed by atoms with Crippen LogP contribution in [0, 0.1) is 5.92 Å². The Kier molecular flexibility index (Phi) is 3.93. The monoisotopic (exact) mass is 289 g/mol. The minimum Gasteiger partial charge on any atom is -0.477 e. The van der Waals surface area contributed by atoms with E-state index in [1.165, 1.54) is 16.7 Å². The molecule has 100 valence electrons. The number of β-lactam (4-membered cyclic amide) rings is 1. The van der Waals surface area contributed by atoms with Gasteiger partial charge >= 0.3 is 5.97 Å². The summed E-state index contributed by atoms with van der Waals surface area (Å²) < 4.78 is 0. The Hall–Kier alpha value is -0.660. The lowest BCUT2D eigenvalue weighted by atomic mass is 9.83. The van der Waals surface area contributed by atoms with Crippen molar-refractivity contribution < 1.29 is 19.8 Å². The number of amides is 1. The number of aliphatic hydroxyl groups excluding tert-OH is 1. The number of nitrogens with zero attached hydrogens (tertiary/aromatic N) is 1. The van der Waals surface area contributed by atoms with E-state index in [4.69, 9.17) is 0 Å². The van der Waals surface area contributed by atoms with Crippen molar-refractivity contribution in [1.82, 2.24) is 4.90 Å². The van der Waals surface area contributed by atoms with Crippen LogP contribution in [0.4, 0.5) is 0 Å². The highest BCUT2D eigenvalue weighted by Gasteiger charge is 2.56. The maximum atomic E-state index is 11.9. The zero-order chi connectivity index (χ0) is 13.4. The van der Waals surface area contributed by atoms with Gasteiger partial charge in [0.05, 0.1) is 18.1 Å². The smallest absolute Gasteiger partial charge is 0.353 e. The summed E-state index contributed by atoms with van der Waals surface area (Å²) in [4.78, 5) is 25.2. The number of aliphatic carboxylic acids is 1. The third-order valence-electron chi connectivity index (χ3n) is 3.24. The molecule has 18 heavy (non-hydrogen) atoms. The van der Waals surface area contributed by atoms with Crippen LogP contribution >= 0.6 is 23.5 Å². The number of fused-ring (bicyclic) bond motifs is 1. The molecule has 0 radical (unpaired) electrons. The summed E-state index contributed by atoms with van der Waals surface area (Å²) in [6.45, 7) is 1.58. The number of aliphatic hydroxyl groups is 1. The number of hydrogen-bond donors (Lipinski definition) is 2. The average molecular weight is 289 g/mol. The first kappa shape index (κ1) is 13.8. The summed E-state index contributed by atoms with van der Waals surface area (Å²) in [5.41, 5.74) is 0.112. The number of carboxylic acid groups (broad SMARTS) is 1. The van der Waals surface area contributed by atoms with Gasteiger partial charge in [0.1, 0.15) is 5.70 Å². The Labute approximate surface area is 114 Å². The van der Waals surface area contributed by atoms with Crippen LogP contribution in [0.3, 0.4) is 0 Å². The maximum Gasteiger partial charge on any atom is 0.353 e. The molecule has 0 spiro atoms. The molecule has 7 heteroatoms. The fourth-order valence-corrected chi connectivity index (χ4v) is 4.14. The number of carbonyl (C=O) groups excluding carboxylic acids is 1. The highest BCUT2D eigenvalue weighted by atomic mass is 32.2. The van der Waals surface area contributed by atoms with Gasteiger partial charge in [-0.25, -0.2) is 4.79 Å². The van der Waals surface area contributed by atoms with Crippen molar-refractivity contribution in [2.24, 2.45) is 5.92 Å². The van der Waals surface area contributed by atoms with E-state index in [1.807, 2.05) is 6.26 Å². The van der Waals surface area contributed by atoms with E-state index < -0.39 is 18.0 Å². The first-order valence-electron chi connectivity index (χ1n) is 5.58. The highest BCUT2D eigenvalue weighted by molar-refractivity contribution is 8.17. The number of thioether (sulfide) groups is 2. The third kappa shape index (κ3) is 2.04. The number of hydrogen-bond acceptors (Lipinski definition) is 5. The maximum absolute atomic E-state index is 11.9. The van der Waals surface area contributed by atoms with Crippen LogP contribution in [0.15, 0.2) is 10.6 Å². The molecule has 5 nitrogen and oxygen atoms in total. The van der Waals surface area contributed by atoms with Crippen molar-refractivity contribution in [2.75, 3.05) is 11.3 Å². The fraction of sp³-hybridized carbons (Fsp3) is 0.636. The van der Waals surface area contributed by atoms with Gasteiger partial charge in [0.2, 0.25) is 5.91 Å². The molecule has 0 aromatic heterocycles. The van der Waals surface area contributed by atoms with Gasteiger partial charge in [-0.1, -0.05) is 0 Å². The van der Waals surface area contributed by atoms with Gasteiger partial charge in [0.15, 0.2) is 0 Å². The van der Waals surface area contributed by atoms with E-state index in [-0.39, 0.29) is 17.6 Å². The minimum atomic E-state index is -1.06. The molecule has 2 aliphatic heterocycles. The van der Waals surface area contributed by atoms with Crippen LogP contribution in [-0.4, -0.2) is 50.5 Å².